The molecule has 1 atom stereocenters. The van der Waals surface area contributed by atoms with Gasteiger partial charge < -0.3 is 20.3 Å². The molecule has 1 aliphatic rings. The lowest BCUT2D eigenvalue weighted by Crippen LogP contribution is -2.50. The molecule has 1 aromatic heterocycles. The number of halogens is 1. The minimum Gasteiger partial charge on any atom is -0.447 e. The molecule has 3 aromatic rings. The van der Waals surface area contributed by atoms with Crippen molar-refractivity contribution in [2.45, 2.75) is 19.0 Å². The molecule has 0 aliphatic carbocycles. The zero-order valence-corrected chi connectivity index (χ0v) is 24.5. The Labute approximate surface area is 245 Å². The van der Waals surface area contributed by atoms with E-state index in [2.05, 4.69) is 25.8 Å². The molecule has 0 unspecified atom stereocenters. The number of sulfonamides is 1. The Morgan fingerprint density at radius 3 is 2.49 bits per heavy atom. The van der Waals surface area contributed by atoms with Crippen LogP contribution in [0.2, 0.25) is 5.02 Å². The minimum absolute atomic E-state index is 0.0427. The number of anilines is 1. The van der Waals surface area contributed by atoms with Crippen molar-refractivity contribution >= 4 is 50.2 Å². The number of fused-ring (bicyclic) bond motifs is 1. The predicted molar refractivity (Wildman–Crippen MR) is 159 cm³/mol. The number of carbonyl (C=O) groups is 2. The summed E-state index contributed by atoms with van der Waals surface area (Å²) < 4.78 is 30.5. The first-order valence-corrected chi connectivity index (χ1v) is 15.6. The number of hydrogen-bond acceptors (Lipinski definition) is 8. The van der Waals surface area contributed by atoms with Crippen LogP contribution in [0.3, 0.4) is 0 Å². The maximum absolute atomic E-state index is 12.7. The number of nitrogens with one attached hydrogen (secondary N) is 3. The third-order valence-electron chi connectivity index (χ3n) is 6.79. The zero-order valence-electron chi connectivity index (χ0n) is 22.9. The Balaban J connectivity index is 1.29. The number of aromatic nitrogens is 1. The highest BCUT2D eigenvalue weighted by Gasteiger charge is 2.24. The first-order chi connectivity index (χ1) is 19.7. The van der Waals surface area contributed by atoms with Crippen LogP contribution in [0.5, 0.6) is 0 Å². The molecule has 0 radical (unpaired) electrons. The van der Waals surface area contributed by atoms with Gasteiger partial charge in [0, 0.05) is 55.9 Å². The number of benzene rings is 2. The molecule has 0 spiro atoms. The fourth-order valence-corrected chi connectivity index (χ4v) is 5.55. The number of hydrogen-bond donors (Lipinski definition) is 3. The van der Waals surface area contributed by atoms with Crippen molar-refractivity contribution in [2.24, 2.45) is 0 Å². The summed E-state index contributed by atoms with van der Waals surface area (Å²) in [6, 6.07) is 16.4. The van der Waals surface area contributed by atoms with Crippen LogP contribution in [-0.4, -0.2) is 92.8 Å². The second kappa shape index (κ2) is 14.6. The zero-order chi connectivity index (χ0) is 29.2. The molecule has 1 saturated heterocycles. The van der Waals surface area contributed by atoms with Crippen LogP contribution in [0.25, 0.3) is 10.8 Å². The van der Waals surface area contributed by atoms with Gasteiger partial charge >= 0.3 is 6.09 Å². The highest BCUT2D eigenvalue weighted by atomic mass is 35.5. The normalized spacial score (nSPS) is 15.4. The molecule has 2 heterocycles. The van der Waals surface area contributed by atoms with E-state index in [-0.39, 0.29) is 19.1 Å². The van der Waals surface area contributed by atoms with Crippen LogP contribution in [0.15, 0.2) is 60.8 Å². The molecule has 1 aliphatic heterocycles. The summed E-state index contributed by atoms with van der Waals surface area (Å²) in [7, 11) is -3.22. The summed E-state index contributed by atoms with van der Waals surface area (Å²) in [5.41, 5.74) is 0.883. The summed E-state index contributed by atoms with van der Waals surface area (Å²) in [6.45, 7) is 3.05. The molecule has 4 rings (SSSR count). The maximum Gasteiger partial charge on any atom is 0.412 e. The van der Waals surface area contributed by atoms with Gasteiger partial charge in [-0.25, -0.2) is 18.2 Å². The number of carbonyl (C=O) groups excluding carboxylic acids is 2. The van der Waals surface area contributed by atoms with Gasteiger partial charge in [0.25, 0.3) is 0 Å². The van der Waals surface area contributed by atoms with E-state index >= 15 is 0 Å². The van der Waals surface area contributed by atoms with E-state index in [0.29, 0.717) is 56.5 Å². The van der Waals surface area contributed by atoms with Gasteiger partial charge in [-0.1, -0.05) is 54.1 Å². The molecular formula is C28H35ClN6O5S. The van der Waals surface area contributed by atoms with Gasteiger partial charge in [-0.15, -0.1) is 0 Å². The Morgan fingerprint density at radius 2 is 1.76 bits per heavy atom. The highest BCUT2D eigenvalue weighted by molar-refractivity contribution is 7.88. The summed E-state index contributed by atoms with van der Waals surface area (Å²) in [5.74, 6) is 0.117. The Kier molecular flexibility index (Phi) is 10.9. The molecule has 220 valence electrons. The predicted octanol–water partition coefficient (Wildman–Crippen LogP) is 2.68. The standard InChI is InChI=1S/C28H35ClN6O5S/c1-41(38,39)35-14-12-34(13-15-35)11-10-24(32-27(36)19-30-17-23-8-4-5-9-25(23)29)20-40-28(37)33-26-16-21-6-2-3-7-22(21)18-31-26/h2-9,16,18,24,30H,10-15,17,19-20H2,1H3,(H,32,36)(H,31,33,37)/t24-/m0/s1. The lowest BCUT2D eigenvalue weighted by Gasteiger charge is -2.34. The van der Waals surface area contributed by atoms with Crippen LogP contribution in [0, 0.1) is 0 Å². The van der Waals surface area contributed by atoms with Crippen molar-refractivity contribution in [1.29, 1.82) is 0 Å². The maximum atomic E-state index is 12.7. The Hall–Kier alpha value is -3.29. The van der Waals surface area contributed by atoms with Crippen molar-refractivity contribution < 1.29 is 22.7 Å². The molecular weight excluding hydrogens is 568 g/mol. The summed E-state index contributed by atoms with van der Waals surface area (Å²) in [4.78, 5) is 31.7. The number of rotatable bonds is 12. The third kappa shape index (κ3) is 9.65. The molecule has 11 nitrogen and oxygen atoms in total. The van der Waals surface area contributed by atoms with Gasteiger partial charge in [-0.3, -0.25) is 10.1 Å². The third-order valence-corrected chi connectivity index (χ3v) is 8.47. The van der Waals surface area contributed by atoms with E-state index in [1.165, 1.54) is 10.6 Å². The van der Waals surface area contributed by atoms with Crippen LogP contribution in [0.4, 0.5) is 10.6 Å². The molecule has 2 aromatic carbocycles. The highest BCUT2D eigenvalue weighted by Crippen LogP contribution is 2.16. The topological polar surface area (TPSA) is 133 Å². The number of nitrogens with zero attached hydrogens (tertiary/aromatic N) is 3. The second-order valence-corrected chi connectivity index (χ2v) is 12.3. The van der Waals surface area contributed by atoms with Crippen LogP contribution in [-0.2, 0) is 26.1 Å². The van der Waals surface area contributed by atoms with Crippen molar-refractivity contribution in [2.75, 3.05) is 57.4 Å². The molecule has 1 fully saturated rings. The number of ether oxygens (including phenoxy) is 1. The number of pyridine rings is 1. The lowest BCUT2D eigenvalue weighted by atomic mass is 10.2. The fraction of sp³-hybridized carbons (Fsp3) is 0.393. The molecule has 41 heavy (non-hydrogen) atoms. The fourth-order valence-electron chi connectivity index (χ4n) is 4.52. The minimum atomic E-state index is -3.22. The van der Waals surface area contributed by atoms with Crippen molar-refractivity contribution in [3.63, 3.8) is 0 Å². The smallest absolute Gasteiger partial charge is 0.412 e. The largest absolute Gasteiger partial charge is 0.447 e. The number of amides is 2. The van der Waals surface area contributed by atoms with Gasteiger partial charge in [-0.05, 0) is 29.5 Å². The Bertz CT molecular complexity index is 1450. The summed E-state index contributed by atoms with van der Waals surface area (Å²) in [5, 5.41) is 11.2. The van der Waals surface area contributed by atoms with E-state index in [9.17, 15) is 18.0 Å². The van der Waals surface area contributed by atoms with E-state index in [4.69, 9.17) is 16.3 Å². The average molecular weight is 603 g/mol. The first kappa shape index (κ1) is 30.7. The van der Waals surface area contributed by atoms with E-state index in [0.717, 1.165) is 16.3 Å². The molecule has 2 amide bonds. The van der Waals surface area contributed by atoms with Crippen LogP contribution in [0.1, 0.15) is 12.0 Å². The van der Waals surface area contributed by atoms with Crippen LogP contribution >= 0.6 is 11.6 Å². The molecule has 13 heteroatoms. The van der Waals surface area contributed by atoms with E-state index in [1.807, 2.05) is 42.5 Å². The molecule has 0 bridgehead atoms. The van der Waals surface area contributed by atoms with Crippen molar-refractivity contribution in [3.05, 3.63) is 71.4 Å². The van der Waals surface area contributed by atoms with Crippen molar-refractivity contribution in [1.82, 2.24) is 24.8 Å². The quantitative estimate of drug-likeness (QED) is 0.288. The number of piperazine rings is 1. The lowest BCUT2D eigenvalue weighted by molar-refractivity contribution is -0.121. The van der Waals surface area contributed by atoms with Gasteiger partial charge in [-0.2, -0.15) is 4.31 Å². The van der Waals surface area contributed by atoms with Crippen molar-refractivity contribution in [3.8, 4) is 0 Å². The second-order valence-electron chi connectivity index (χ2n) is 9.89. The molecule has 3 N–H and O–H groups in total. The summed E-state index contributed by atoms with van der Waals surface area (Å²) in [6.07, 6.45) is 2.72. The van der Waals surface area contributed by atoms with Crippen LogP contribution < -0.4 is 16.0 Å². The first-order valence-electron chi connectivity index (χ1n) is 13.4. The average Bonchev–Trinajstić information content (AvgIpc) is 2.95. The van der Waals surface area contributed by atoms with Gasteiger partial charge in [0.15, 0.2) is 0 Å². The monoisotopic (exact) mass is 602 g/mol. The molecule has 0 saturated carbocycles. The van der Waals surface area contributed by atoms with Gasteiger partial charge in [0.05, 0.1) is 18.8 Å². The van der Waals surface area contributed by atoms with Gasteiger partial charge in [0.2, 0.25) is 15.9 Å². The Morgan fingerprint density at radius 1 is 1.05 bits per heavy atom. The van der Waals surface area contributed by atoms with E-state index in [1.54, 1.807) is 18.3 Å². The SMILES string of the molecule is CS(=O)(=O)N1CCN(CC[C@@H](COC(=O)Nc2cc3ccccc3cn2)NC(=O)CNCc2ccccc2Cl)CC1. The van der Waals surface area contributed by atoms with E-state index < -0.39 is 22.2 Å². The van der Waals surface area contributed by atoms with Gasteiger partial charge in [0.1, 0.15) is 12.4 Å². The summed E-state index contributed by atoms with van der Waals surface area (Å²) >= 11 is 6.19.